The number of imidazole rings is 1. The van der Waals surface area contributed by atoms with Crippen LogP contribution in [0.4, 0.5) is 4.79 Å². The number of ether oxygens (including phenoxy) is 2. The lowest BCUT2D eigenvalue weighted by Crippen LogP contribution is -2.52. The van der Waals surface area contributed by atoms with Gasteiger partial charge in [0.05, 0.1) is 31.3 Å². The third kappa shape index (κ3) is 5.51. The van der Waals surface area contributed by atoms with Gasteiger partial charge in [0.2, 0.25) is 0 Å². The van der Waals surface area contributed by atoms with Crippen LogP contribution in [0.5, 0.6) is 0 Å². The third-order valence-electron chi connectivity index (χ3n) is 5.50. The van der Waals surface area contributed by atoms with Crippen LogP contribution in [-0.2, 0) is 22.6 Å². The largest absolute Gasteiger partial charge is 0.445 e. The highest BCUT2D eigenvalue weighted by Gasteiger charge is 2.29. The number of rotatable bonds is 7. The summed E-state index contributed by atoms with van der Waals surface area (Å²) in [7, 11) is 0. The first-order valence-electron chi connectivity index (χ1n) is 10.6. The molecule has 162 valence electrons. The molecule has 1 aliphatic rings. The van der Waals surface area contributed by atoms with Gasteiger partial charge in [-0.25, -0.2) is 9.78 Å². The van der Waals surface area contributed by atoms with Gasteiger partial charge in [-0.3, -0.25) is 0 Å². The Bertz CT molecular complexity index is 962. The quantitative estimate of drug-likeness (QED) is 0.635. The fraction of sp³-hybridized carbons (Fsp3) is 0.333. The number of carbonyl (C=O) groups is 1. The van der Waals surface area contributed by atoms with E-state index in [1.165, 1.54) is 5.56 Å². The minimum absolute atomic E-state index is 0.0700. The van der Waals surface area contributed by atoms with Crippen molar-refractivity contribution in [3.8, 4) is 5.69 Å². The lowest BCUT2D eigenvalue weighted by atomic mass is 10.1. The number of nitrogens with zero attached hydrogens (tertiary/aromatic N) is 3. The van der Waals surface area contributed by atoms with Crippen LogP contribution in [0.25, 0.3) is 5.69 Å². The first-order chi connectivity index (χ1) is 15.2. The summed E-state index contributed by atoms with van der Waals surface area (Å²) >= 11 is 0. The van der Waals surface area contributed by atoms with Crippen molar-refractivity contribution in [2.75, 3.05) is 19.7 Å². The van der Waals surface area contributed by atoms with Crippen molar-refractivity contribution in [1.82, 2.24) is 19.8 Å². The molecule has 4 rings (SSSR count). The van der Waals surface area contributed by atoms with Gasteiger partial charge >= 0.3 is 6.09 Å². The van der Waals surface area contributed by atoms with Crippen molar-refractivity contribution in [3.05, 3.63) is 84.4 Å². The molecule has 2 aromatic carbocycles. The molecule has 1 saturated heterocycles. The van der Waals surface area contributed by atoms with E-state index >= 15 is 0 Å². The SMILES string of the molecule is C[C@@H](NCc1ccccc1-n1ccnc1)[C@H]1CN(C(=O)OCc2ccccc2)CCO1. The van der Waals surface area contributed by atoms with Crippen molar-refractivity contribution < 1.29 is 14.3 Å². The fourth-order valence-electron chi connectivity index (χ4n) is 3.67. The van der Waals surface area contributed by atoms with Crippen LogP contribution in [-0.4, -0.2) is 52.4 Å². The lowest BCUT2D eigenvalue weighted by Gasteiger charge is -2.35. The molecule has 7 heteroatoms. The molecule has 2 atom stereocenters. The molecular weight excluding hydrogens is 392 g/mol. The van der Waals surface area contributed by atoms with E-state index in [0.29, 0.717) is 26.2 Å². The highest BCUT2D eigenvalue weighted by atomic mass is 16.6. The lowest BCUT2D eigenvalue weighted by molar-refractivity contribution is -0.0419. The van der Waals surface area contributed by atoms with Gasteiger partial charge in [0, 0.05) is 31.5 Å². The number of hydrogen-bond acceptors (Lipinski definition) is 5. The Balaban J connectivity index is 1.30. The topological polar surface area (TPSA) is 68.6 Å². The Kier molecular flexibility index (Phi) is 6.96. The van der Waals surface area contributed by atoms with E-state index in [4.69, 9.17) is 9.47 Å². The number of hydrogen-bond donors (Lipinski definition) is 1. The second kappa shape index (κ2) is 10.2. The summed E-state index contributed by atoms with van der Waals surface area (Å²) in [5, 5.41) is 3.55. The molecule has 0 aliphatic carbocycles. The summed E-state index contributed by atoms with van der Waals surface area (Å²) in [6.07, 6.45) is 5.11. The molecule has 1 aliphatic heterocycles. The highest BCUT2D eigenvalue weighted by molar-refractivity contribution is 5.67. The normalized spacial score (nSPS) is 17.3. The first-order valence-corrected chi connectivity index (χ1v) is 10.6. The summed E-state index contributed by atoms with van der Waals surface area (Å²) in [6.45, 7) is 4.60. The first kappa shape index (κ1) is 21.1. The number of morpholine rings is 1. The Morgan fingerprint density at radius 2 is 2.03 bits per heavy atom. The van der Waals surface area contributed by atoms with Gasteiger partial charge in [-0.15, -0.1) is 0 Å². The number of aromatic nitrogens is 2. The van der Waals surface area contributed by atoms with Gasteiger partial charge < -0.3 is 24.3 Å². The molecule has 1 aromatic heterocycles. The second-order valence-electron chi connectivity index (χ2n) is 7.66. The van der Waals surface area contributed by atoms with Crippen LogP contribution in [0, 0.1) is 0 Å². The van der Waals surface area contributed by atoms with Crippen molar-refractivity contribution in [3.63, 3.8) is 0 Å². The molecule has 1 amide bonds. The third-order valence-corrected chi connectivity index (χ3v) is 5.50. The van der Waals surface area contributed by atoms with E-state index in [1.807, 2.05) is 53.2 Å². The average Bonchev–Trinajstić information content (AvgIpc) is 3.37. The van der Waals surface area contributed by atoms with Crippen LogP contribution in [0.3, 0.4) is 0 Å². The van der Waals surface area contributed by atoms with Crippen LogP contribution < -0.4 is 5.32 Å². The van der Waals surface area contributed by atoms with E-state index < -0.39 is 0 Å². The van der Waals surface area contributed by atoms with Gasteiger partial charge in [0.25, 0.3) is 0 Å². The Hall–Kier alpha value is -3.16. The molecule has 0 unspecified atom stereocenters. The maximum Gasteiger partial charge on any atom is 0.410 e. The van der Waals surface area contributed by atoms with Crippen LogP contribution in [0.1, 0.15) is 18.1 Å². The van der Waals surface area contributed by atoms with Crippen LogP contribution in [0.15, 0.2) is 73.3 Å². The molecule has 0 saturated carbocycles. The molecule has 0 spiro atoms. The molecule has 1 fully saturated rings. The predicted molar refractivity (Wildman–Crippen MR) is 118 cm³/mol. The second-order valence-corrected chi connectivity index (χ2v) is 7.66. The van der Waals surface area contributed by atoms with Gasteiger partial charge in [0.1, 0.15) is 6.61 Å². The van der Waals surface area contributed by atoms with E-state index in [2.05, 4.69) is 29.4 Å². The summed E-state index contributed by atoms with van der Waals surface area (Å²) in [5.41, 5.74) is 3.24. The fourth-order valence-corrected chi connectivity index (χ4v) is 3.67. The van der Waals surface area contributed by atoms with Gasteiger partial charge in [0.15, 0.2) is 0 Å². The zero-order valence-corrected chi connectivity index (χ0v) is 17.7. The zero-order chi connectivity index (χ0) is 21.5. The van der Waals surface area contributed by atoms with Crippen LogP contribution in [0.2, 0.25) is 0 Å². The van der Waals surface area contributed by atoms with E-state index in [-0.39, 0.29) is 24.8 Å². The molecule has 31 heavy (non-hydrogen) atoms. The van der Waals surface area contributed by atoms with Gasteiger partial charge in [-0.1, -0.05) is 48.5 Å². The average molecular weight is 421 g/mol. The molecule has 3 aromatic rings. The summed E-state index contributed by atoms with van der Waals surface area (Å²) in [6, 6.07) is 18.0. The maximum absolute atomic E-state index is 12.5. The summed E-state index contributed by atoms with van der Waals surface area (Å²) in [5.74, 6) is 0. The predicted octanol–water partition coefficient (Wildman–Crippen LogP) is 3.39. The number of para-hydroxylation sites is 1. The summed E-state index contributed by atoms with van der Waals surface area (Å²) < 4.78 is 13.4. The molecule has 1 N–H and O–H groups in total. The smallest absolute Gasteiger partial charge is 0.410 e. The van der Waals surface area contributed by atoms with Crippen molar-refractivity contribution in [1.29, 1.82) is 0 Å². The van der Waals surface area contributed by atoms with E-state index in [9.17, 15) is 4.79 Å². The minimum Gasteiger partial charge on any atom is -0.445 e. The number of benzene rings is 2. The Morgan fingerprint density at radius 3 is 2.84 bits per heavy atom. The van der Waals surface area contributed by atoms with Crippen molar-refractivity contribution in [2.24, 2.45) is 0 Å². The van der Waals surface area contributed by atoms with Crippen molar-refractivity contribution >= 4 is 6.09 Å². The molecule has 0 bridgehead atoms. The maximum atomic E-state index is 12.5. The van der Waals surface area contributed by atoms with Crippen LogP contribution >= 0.6 is 0 Å². The molecule has 0 radical (unpaired) electrons. The number of carbonyl (C=O) groups excluding carboxylic acids is 1. The number of nitrogens with one attached hydrogen (secondary N) is 1. The van der Waals surface area contributed by atoms with E-state index in [0.717, 1.165) is 11.3 Å². The minimum atomic E-state index is -0.296. The molecular formula is C24H28N4O3. The van der Waals surface area contributed by atoms with Gasteiger partial charge in [-0.2, -0.15) is 0 Å². The van der Waals surface area contributed by atoms with Gasteiger partial charge in [-0.05, 0) is 24.1 Å². The standard InChI is InChI=1S/C24H28N4O3/c1-19(26-15-21-9-5-6-10-22(21)28-12-11-25-18-28)23-16-27(13-14-30-23)24(29)31-17-20-7-3-2-4-8-20/h2-12,18-19,23,26H,13-17H2,1H3/t19-,23-/m1/s1. The molecule has 2 heterocycles. The Morgan fingerprint density at radius 1 is 1.23 bits per heavy atom. The zero-order valence-electron chi connectivity index (χ0n) is 17.7. The highest BCUT2D eigenvalue weighted by Crippen LogP contribution is 2.16. The van der Waals surface area contributed by atoms with E-state index in [1.54, 1.807) is 17.4 Å². The van der Waals surface area contributed by atoms with Crippen molar-refractivity contribution in [2.45, 2.75) is 32.2 Å². The number of amides is 1. The molecule has 7 nitrogen and oxygen atoms in total. The Labute approximate surface area is 182 Å². The summed E-state index contributed by atoms with van der Waals surface area (Å²) in [4.78, 5) is 18.4. The monoisotopic (exact) mass is 420 g/mol.